The molecule has 2 N–H and O–H groups in total. The van der Waals surface area contributed by atoms with Gasteiger partial charge in [0.1, 0.15) is 0 Å². The number of amides is 2. The maximum absolute atomic E-state index is 12.9. The maximum Gasteiger partial charge on any atom is 0.253 e. The molecule has 2 aliphatic heterocycles. The van der Waals surface area contributed by atoms with Gasteiger partial charge in [-0.1, -0.05) is 6.07 Å². The molecule has 1 aromatic carbocycles. The van der Waals surface area contributed by atoms with Crippen LogP contribution in [0.1, 0.15) is 36.0 Å². The minimum absolute atomic E-state index is 0.0439. The number of nitrogens with zero attached hydrogens (tertiary/aromatic N) is 2. The topological polar surface area (TPSA) is 74.3 Å². The zero-order valence-electron chi connectivity index (χ0n) is 15.5. The number of likely N-dealkylation sites (tertiary alicyclic amines) is 1. The third-order valence-electron chi connectivity index (χ3n) is 5.60. The molecule has 2 fully saturated rings. The standard InChI is InChI=1S/C21H26N4O2/c26-20(19-6-2-10-23-19)24-13-15-4-3-11-25(14-15)21(27)17-7-8-18-16(12-17)5-1-9-22-18/h1,5,7-9,12,15,19,23H,2-4,6,10-11,13-14H2,(H,24,26). The fourth-order valence-corrected chi connectivity index (χ4v) is 4.08. The summed E-state index contributed by atoms with van der Waals surface area (Å²) in [5.41, 5.74) is 1.60. The Morgan fingerprint density at radius 3 is 3.00 bits per heavy atom. The van der Waals surface area contributed by atoms with Gasteiger partial charge in [-0.15, -0.1) is 0 Å². The first-order chi connectivity index (χ1) is 13.2. The number of carbonyl (C=O) groups is 2. The molecular weight excluding hydrogens is 340 g/mol. The van der Waals surface area contributed by atoms with Crippen molar-refractivity contribution >= 4 is 22.7 Å². The number of hydrogen-bond donors (Lipinski definition) is 2. The summed E-state index contributed by atoms with van der Waals surface area (Å²) in [4.78, 5) is 31.4. The van der Waals surface area contributed by atoms with Gasteiger partial charge in [-0.3, -0.25) is 14.6 Å². The molecule has 2 saturated heterocycles. The van der Waals surface area contributed by atoms with Crippen molar-refractivity contribution in [2.45, 2.75) is 31.7 Å². The predicted molar refractivity (Wildman–Crippen MR) is 104 cm³/mol. The van der Waals surface area contributed by atoms with Crippen LogP contribution >= 0.6 is 0 Å². The summed E-state index contributed by atoms with van der Waals surface area (Å²) in [6, 6.07) is 9.49. The quantitative estimate of drug-likeness (QED) is 0.867. The van der Waals surface area contributed by atoms with Crippen molar-refractivity contribution in [3.8, 4) is 0 Å². The van der Waals surface area contributed by atoms with Crippen molar-refractivity contribution in [3.63, 3.8) is 0 Å². The van der Waals surface area contributed by atoms with E-state index in [4.69, 9.17) is 0 Å². The molecule has 0 aliphatic carbocycles. The van der Waals surface area contributed by atoms with E-state index in [0.717, 1.165) is 49.7 Å². The molecule has 6 heteroatoms. The highest BCUT2D eigenvalue weighted by molar-refractivity contribution is 5.98. The van der Waals surface area contributed by atoms with Gasteiger partial charge in [0.25, 0.3) is 5.91 Å². The molecule has 27 heavy (non-hydrogen) atoms. The summed E-state index contributed by atoms with van der Waals surface area (Å²) >= 11 is 0. The van der Waals surface area contributed by atoms with Crippen LogP contribution in [0.5, 0.6) is 0 Å². The third-order valence-corrected chi connectivity index (χ3v) is 5.60. The predicted octanol–water partition coefficient (Wildman–Crippen LogP) is 1.96. The summed E-state index contributed by atoms with van der Waals surface area (Å²) in [7, 11) is 0. The average Bonchev–Trinajstić information content (AvgIpc) is 3.26. The molecule has 1 aromatic heterocycles. The second kappa shape index (κ2) is 8.05. The molecule has 6 nitrogen and oxygen atoms in total. The van der Waals surface area contributed by atoms with E-state index in [-0.39, 0.29) is 17.9 Å². The fourth-order valence-electron chi connectivity index (χ4n) is 4.08. The number of pyridine rings is 1. The first kappa shape index (κ1) is 17.9. The van der Waals surface area contributed by atoms with Gasteiger partial charge in [-0.2, -0.15) is 0 Å². The fraction of sp³-hybridized carbons (Fsp3) is 0.476. The normalized spacial score (nSPS) is 22.7. The van der Waals surface area contributed by atoms with Crippen LogP contribution in [0, 0.1) is 5.92 Å². The van der Waals surface area contributed by atoms with E-state index >= 15 is 0 Å². The molecule has 2 unspecified atom stereocenters. The lowest BCUT2D eigenvalue weighted by Gasteiger charge is -2.33. The van der Waals surface area contributed by atoms with Crippen molar-refractivity contribution in [3.05, 3.63) is 42.1 Å². The molecule has 2 atom stereocenters. The molecule has 2 aromatic rings. The number of nitrogens with one attached hydrogen (secondary N) is 2. The number of piperidine rings is 1. The van der Waals surface area contributed by atoms with Crippen LogP contribution in [0.3, 0.4) is 0 Å². The van der Waals surface area contributed by atoms with Gasteiger partial charge >= 0.3 is 0 Å². The van der Waals surface area contributed by atoms with Crippen LogP contribution < -0.4 is 10.6 Å². The number of carbonyl (C=O) groups excluding carboxylic acids is 2. The van der Waals surface area contributed by atoms with E-state index < -0.39 is 0 Å². The van der Waals surface area contributed by atoms with Gasteiger partial charge in [0.2, 0.25) is 5.91 Å². The second-order valence-corrected chi connectivity index (χ2v) is 7.56. The third kappa shape index (κ3) is 4.11. The van der Waals surface area contributed by atoms with Gasteiger partial charge in [-0.25, -0.2) is 0 Å². The van der Waals surface area contributed by atoms with E-state index in [1.165, 1.54) is 0 Å². The number of aromatic nitrogens is 1. The monoisotopic (exact) mass is 366 g/mol. The second-order valence-electron chi connectivity index (χ2n) is 7.56. The molecule has 2 aliphatic rings. The maximum atomic E-state index is 12.9. The van der Waals surface area contributed by atoms with E-state index in [1.54, 1.807) is 6.20 Å². The lowest BCUT2D eigenvalue weighted by Crippen LogP contribution is -2.46. The van der Waals surface area contributed by atoms with E-state index in [9.17, 15) is 9.59 Å². The molecule has 2 amide bonds. The van der Waals surface area contributed by atoms with Crippen LogP contribution in [0.4, 0.5) is 0 Å². The lowest BCUT2D eigenvalue weighted by molar-refractivity contribution is -0.123. The highest BCUT2D eigenvalue weighted by Crippen LogP contribution is 2.20. The van der Waals surface area contributed by atoms with E-state index in [0.29, 0.717) is 24.6 Å². The Bertz CT molecular complexity index is 832. The van der Waals surface area contributed by atoms with Gasteiger partial charge in [0.15, 0.2) is 0 Å². The molecule has 3 heterocycles. The first-order valence-electron chi connectivity index (χ1n) is 9.86. The zero-order chi connectivity index (χ0) is 18.6. The Balaban J connectivity index is 1.36. The number of rotatable bonds is 4. The Morgan fingerprint density at radius 1 is 1.22 bits per heavy atom. The van der Waals surface area contributed by atoms with Crippen LogP contribution in [0.25, 0.3) is 10.9 Å². The average molecular weight is 366 g/mol. The molecule has 0 saturated carbocycles. The smallest absolute Gasteiger partial charge is 0.253 e. The van der Waals surface area contributed by atoms with E-state index in [2.05, 4.69) is 15.6 Å². The Hall–Kier alpha value is -2.47. The highest BCUT2D eigenvalue weighted by atomic mass is 16.2. The number of hydrogen-bond acceptors (Lipinski definition) is 4. The molecular formula is C21H26N4O2. The molecule has 142 valence electrons. The SMILES string of the molecule is O=C(NCC1CCCN(C(=O)c2ccc3ncccc3c2)C1)C1CCCN1. The lowest BCUT2D eigenvalue weighted by atomic mass is 9.97. The Labute approximate surface area is 159 Å². The number of fused-ring (bicyclic) bond motifs is 1. The Morgan fingerprint density at radius 2 is 2.15 bits per heavy atom. The first-order valence-corrected chi connectivity index (χ1v) is 9.86. The van der Waals surface area contributed by atoms with Crippen LogP contribution in [-0.4, -0.2) is 53.9 Å². The minimum atomic E-state index is -0.0439. The summed E-state index contributed by atoms with van der Waals surface area (Å²) in [6.45, 7) is 3.04. The van der Waals surface area contributed by atoms with Crippen molar-refractivity contribution in [2.75, 3.05) is 26.2 Å². The van der Waals surface area contributed by atoms with Gasteiger partial charge in [-0.05, 0) is 62.4 Å². The highest BCUT2D eigenvalue weighted by Gasteiger charge is 2.27. The molecule has 0 bridgehead atoms. The van der Waals surface area contributed by atoms with Gasteiger partial charge < -0.3 is 15.5 Å². The van der Waals surface area contributed by atoms with Crippen molar-refractivity contribution in [1.29, 1.82) is 0 Å². The minimum Gasteiger partial charge on any atom is -0.354 e. The Kier molecular flexibility index (Phi) is 5.34. The zero-order valence-corrected chi connectivity index (χ0v) is 15.5. The summed E-state index contributed by atoms with van der Waals surface area (Å²) < 4.78 is 0. The van der Waals surface area contributed by atoms with Crippen molar-refractivity contribution < 1.29 is 9.59 Å². The summed E-state index contributed by atoms with van der Waals surface area (Å²) in [6.07, 6.45) is 5.75. The van der Waals surface area contributed by atoms with Crippen LogP contribution in [-0.2, 0) is 4.79 Å². The summed E-state index contributed by atoms with van der Waals surface area (Å²) in [5, 5.41) is 7.28. The van der Waals surface area contributed by atoms with Crippen LogP contribution in [0.15, 0.2) is 36.5 Å². The molecule has 4 rings (SSSR count). The van der Waals surface area contributed by atoms with Crippen molar-refractivity contribution in [2.24, 2.45) is 5.92 Å². The molecule has 0 radical (unpaired) electrons. The number of benzene rings is 1. The van der Waals surface area contributed by atoms with Crippen LogP contribution in [0.2, 0.25) is 0 Å². The summed E-state index contributed by atoms with van der Waals surface area (Å²) in [5.74, 6) is 0.474. The molecule has 0 spiro atoms. The van der Waals surface area contributed by atoms with Gasteiger partial charge in [0, 0.05) is 36.8 Å². The van der Waals surface area contributed by atoms with Crippen molar-refractivity contribution in [1.82, 2.24) is 20.5 Å². The largest absolute Gasteiger partial charge is 0.354 e. The van der Waals surface area contributed by atoms with E-state index in [1.807, 2.05) is 35.2 Å². The van der Waals surface area contributed by atoms with Gasteiger partial charge in [0.05, 0.1) is 11.6 Å².